The molecule has 2 heterocycles. The Morgan fingerprint density at radius 2 is 1.86 bits per heavy atom. The van der Waals surface area contributed by atoms with Gasteiger partial charge in [0.1, 0.15) is 10.8 Å². The molecule has 1 aliphatic rings. The number of aryl methyl sites for hydroxylation is 1. The summed E-state index contributed by atoms with van der Waals surface area (Å²) in [5.41, 5.74) is 2.75. The van der Waals surface area contributed by atoms with Crippen molar-refractivity contribution >= 4 is 22.4 Å². The summed E-state index contributed by atoms with van der Waals surface area (Å²) in [5.74, 6) is -0.233. The highest BCUT2D eigenvalue weighted by molar-refractivity contribution is 7.15. The van der Waals surface area contributed by atoms with Gasteiger partial charge in [-0.25, -0.2) is 4.39 Å². The molecule has 0 bridgehead atoms. The molecular weight excluding hydrogens is 387 g/mol. The number of hydrogen-bond acceptors (Lipinski definition) is 5. The summed E-state index contributed by atoms with van der Waals surface area (Å²) < 4.78 is 13.0. The van der Waals surface area contributed by atoms with Crippen LogP contribution in [0.2, 0.25) is 0 Å². The van der Waals surface area contributed by atoms with Gasteiger partial charge in [-0.2, -0.15) is 0 Å². The summed E-state index contributed by atoms with van der Waals surface area (Å²) >= 11 is 1.58. The van der Waals surface area contributed by atoms with Crippen molar-refractivity contribution < 1.29 is 9.18 Å². The number of nitrogens with one attached hydrogen (secondary N) is 1. The number of benzene rings is 2. The highest BCUT2D eigenvalue weighted by Crippen LogP contribution is 2.25. The molecule has 150 valence electrons. The third-order valence-electron chi connectivity index (χ3n) is 5.22. The first-order chi connectivity index (χ1) is 14.1. The number of aromatic nitrogens is 2. The van der Waals surface area contributed by atoms with Crippen LogP contribution in [-0.2, 0) is 6.42 Å². The molecule has 4 rings (SSSR count). The molecule has 1 amide bonds. The zero-order valence-electron chi connectivity index (χ0n) is 16.3. The number of halogens is 1. The summed E-state index contributed by atoms with van der Waals surface area (Å²) in [6.07, 6.45) is 2.41. The fourth-order valence-corrected chi connectivity index (χ4v) is 4.45. The standard InChI is InChI=1S/C22H23FN4OS/c1-15-4-2-3-5-19(15)21(28)24-18-10-12-27(13-11-18)22-26-25-20(29-22)14-16-6-8-17(23)9-7-16/h2-9,18H,10-14H2,1H3,(H,24,28). The number of hydrogen-bond donors (Lipinski definition) is 1. The summed E-state index contributed by atoms with van der Waals surface area (Å²) in [4.78, 5) is 14.7. The van der Waals surface area contributed by atoms with Crippen LogP contribution in [0.3, 0.4) is 0 Å². The molecule has 1 N–H and O–H groups in total. The molecule has 29 heavy (non-hydrogen) atoms. The van der Waals surface area contributed by atoms with Crippen molar-refractivity contribution in [2.75, 3.05) is 18.0 Å². The van der Waals surface area contributed by atoms with E-state index >= 15 is 0 Å². The van der Waals surface area contributed by atoms with Crippen LogP contribution in [-0.4, -0.2) is 35.2 Å². The van der Waals surface area contributed by atoms with Crippen molar-refractivity contribution in [1.29, 1.82) is 0 Å². The molecular formula is C22H23FN4OS. The Morgan fingerprint density at radius 3 is 2.59 bits per heavy atom. The number of carbonyl (C=O) groups is 1. The summed E-state index contributed by atoms with van der Waals surface area (Å²) in [5, 5.41) is 13.6. The molecule has 0 atom stereocenters. The van der Waals surface area contributed by atoms with Crippen molar-refractivity contribution in [3.8, 4) is 0 Å². The van der Waals surface area contributed by atoms with Crippen LogP contribution in [0.25, 0.3) is 0 Å². The molecule has 0 saturated carbocycles. The SMILES string of the molecule is Cc1ccccc1C(=O)NC1CCN(c2nnc(Cc3ccc(F)cc3)s2)CC1. The van der Waals surface area contributed by atoms with Crippen LogP contribution in [0.5, 0.6) is 0 Å². The van der Waals surface area contributed by atoms with E-state index in [2.05, 4.69) is 20.4 Å². The van der Waals surface area contributed by atoms with Crippen LogP contribution < -0.4 is 10.2 Å². The van der Waals surface area contributed by atoms with Crippen LogP contribution in [0.1, 0.15) is 39.3 Å². The second-order valence-corrected chi connectivity index (χ2v) is 8.37. The van der Waals surface area contributed by atoms with E-state index in [1.807, 2.05) is 31.2 Å². The quantitative estimate of drug-likeness (QED) is 0.691. The predicted octanol–water partition coefficient (Wildman–Crippen LogP) is 3.98. The van der Waals surface area contributed by atoms with E-state index in [1.54, 1.807) is 23.5 Å². The third kappa shape index (κ3) is 4.79. The fourth-order valence-electron chi connectivity index (χ4n) is 3.53. The number of amides is 1. The Balaban J connectivity index is 1.31. The van der Waals surface area contributed by atoms with E-state index in [0.717, 1.165) is 52.8 Å². The molecule has 1 aliphatic heterocycles. The first-order valence-corrected chi connectivity index (χ1v) is 10.6. The van der Waals surface area contributed by atoms with Gasteiger partial charge in [0.15, 0.2) is 0 Å². The van der Waals surface area contributed by atoms with Gasteiger partial charge in [-0.15, -0.1) is 10.2 Å². The van der Waals surface area contributed by atoms with E-state index < -0.39 is 0 Å². The Labute approximate surface area is 173 Å². The number of piperidine rings is 1. The second kappa shape index (κ2) is 8.69. The van der Waals surface area contributed by atoms with E-state index in [0.29, 0.717) is 6.42 Å². The zero-order valence-corrected chi connectivity index (χ0v) is 17.1. The number of carbonyl (C=O) groups excluding carboxylic acids is 1. The van der Waals surface area contributed by atoms with Gasteiger partial charge in [0.05, 0.1) is 0 Å². The van der Waals surface area contributed by atoms with Gasteiger partial charge in [0.25, 0.3) is 5.91 Å². The molecule has 1 saturated heterocycles. The molecule has 0 unspecified atom stereocenters. The lowest BCUT2D eigenvalue weighted by atomic mass is 10.0. The third-order valence-corrected chi connectivity index (χ3v) is 6.20. The maximum Gasteiger partial charge on any atom is 0.251 e. The molecule has 0 aliphatic carbocycles. The van der Waals surface area contributed by atoms with Gasteiger partial charge >= 0.3 is 0 Å². The zero-order chi connectivity index (χ0) is 20.2. The average molecular weight is 411 g/mol. The van der Waals surface area contributed by atoms with Crippen molar-refractivity contribution in [2.24, 2.45) is 0 Å². The van der Waals surface area contributed by atoms with E-state index in [1.165, 1.54) is 12.1 Å². The van der Waals surface area contributed by atoms with Crippen molar-refractivity contribution in [1.82, 2.24) is 15.5 Å². The largest absolute Gasteiger partial charge is 0.349 e. The Morgan fingerprint density at radius 1 is 1.14 bits per heavy atom. The fraction of sp³-hybridized carbons (Fsp3) is 0.318. The molecule has 0 radical (unpaired) electrons. The number of anilines is 1. The minimum atomic E-state index is -0.232. The normalized spacial score (nSPS) is 14.8. The molecule has 3 aromatic rings. The topological polar surface area (TPSA) is 58.1 Å². The lowest BCUT2D eigenvalue weighted by Gasteiger charge is -2.31. The van der Waals surface area contributed by atoms with Crippen LogP contribution in [0.15, 0.2) is 48.5 Å². The molecule has 1 fully saturated rings. The number of nitrogens with zero attached hydrogens (tertiary/aromatic N) is 3. The van der Waals surface area contributed by atoms with Crippen LogP contribution >= 0.6 is 11.3 Å². The van der Waals surface area contributed by atoms with Gasteiger partial charge in [-0.05, 0) is 49.1 Å². The monoisotopic (exact) mass is 410 g/mol. The van der Waals surface area contributed by atoms with E-state index in [4.69, 9.17) is 0 Å². The maximum absolute atomic E-state index is 13.0. The number of rotatable bonds is 5. The molecule has 1 aromatic heterocycles. The van der Waals surface area contributed by atoms with Crippen molar-refractivity contribution in [2.45, 2.75) is 32.2 Å². The lowest BCUT2D eigenvalue weighted by Crippen LogP contribution is -2.44. The Bertz CT molecular complexity index is 980. The summed E-state index contributed by atoms with van der Waals surface area (Å²) in [6.45, 7) is 3.63. The summed E-state index contributed by atoms with van der Waals surface area (Å²) in [6, 6.07) is 14.3. The van der Waals surface area contributed by atoms with Gasteiger partial charge in [0, 0.05) is 31.1 Å². The van der Waals surface area contributed by atoms with Gasteiger partial charge < -0.3 is 10.2 Å². The van der Waals surface area contributed by atoms with Gasteiger partial charge in [-0.1, -0.05) is 41.7 Å². The predicted molar refractivity (Wildman–Crippen MR) is 113 cm³/mol. The highest BCUT2D eigenvalue weighted by Gasteiger charge is 2.23. The highest BCUT2D eigenvalue weighted by atomic mass is 32.1. The first-order valence-electron chi connectivity index (χ1n) is 9.77. The minimum Gasteiger partial charge on any atom is -0.349 e. The van der Waals surface area contributed by atoms with Crippen LogP contribution in [0, 0.1) is 12.7 Å². The molecule has 5 nitrogen and oxygen atoms in total. The smallest absolute Gasteiger partial charge is 0.251 e. The minimum absolute atomic E-state index is 0.000880. The maximum atomic E-state index is 13.0. The summed E-state index contributed by atoms with van der Waals surface area (Å²) in [7, 11) is 0. The average Bonchev–Trinajstić information content (AvgIpc) is 3.19. The lowest BCUT2D eigenvalue weighted by molar-refractivity contribution is 0.0930. The van der Waals surface area contributed by atoms with Crippen molar-refractivity contribution in [3.63, 3.8) is 0 Å². The Kier molecular flexibility index (Phi) is 5.85. The second-order valence-electron chi connectivity index (χ2n) is 7.33. The van der Waals surface area contributed by atoms with Gasteiger partial charge in [0.2, 0.25) is 5.13 Å². The molecule has 7 heteroatoms. The molecule has 0 spiro atoms. The van der Waals surface area contributed by atoms with E-state index in [9.17, 15) is 9.18 Å². The first kappa shape index (κ1) is 19.5. The Hall–Kier alpha value is -2.80. The van der Waals surface area contributed by atoms with Gasteiger partial charge in [-0.3, -0.25) is 4.79 Å². The van der Waals surface area contributed by atoms with Crippen LogP contribution in [0.4, 0.5) is 9.52 Å². The molecule has 2 aromatic carbocycles. The van der Waals surface area contributed by atoms with Crippen molar-refractivity contribution in [3.05, 3.63) is 76.0 Å². The van der Waals surface area contributed by atoms with E-state index in [-0.39, 0.29) is 17.8 Å².